The lowest BCUT2D eigenvalue weighted by Crippen LogP contribution is -2.35. The molecule has 156 valence electrons. The first kappa shape index (κ1) is 20.8. The van der Waals surface area contributed by atoms with Crippen molar-refractivity contribution in [1.82, 2.24) is 25.2 Å². The maximum absolute atomic E-state index is 12.5. The molecule has 10 heteroatoms. The van der Waals surface area contributed by atoms with E-state index in [0.717, 1.165) is 0 Å². The molecule has 0 spiro atoms. The molecule has 0 aliphatic rings. The molecular weight excluding hydrogens is 388 g/mol. The van der Waals surface area contributed by atoms with Gasteiger partial charge in [-0.1, -0.05) is 6.07 Å². The predicted molar refractivity (Wildman–Crippen MR) is 108 cm³/mol. The average Bonchev–Trinajstić information content (AvgIpc) is 3.24. The summed E-state index contributed by atoms with van der Waals surface area (Å²) in [6.45, 7) is 3.89. The van der Waals surface area contributed by atoms with Crippen LogP contribution in [0.25, 0.3) is 11.5 Å². The first-order valence-corrected chi connectivity index (χ1v) is 9.24. The van der Waals surface area contributed by atoms with E-state index in [1.165, 1.54) is 17.2 Å². The summed E-state index contributed by atoms with van der Waals surface area (Å²) in [7, 11) is 0. The summed E-state index contributed by atoms with van der Waals surface area (Å²) in [6, 6.07) is 9.97. The number of furan rings is 1. The molecule has 0 atom stereocenters. The van der Waals surface area contributed by atoms with Crippen LogP contribution in [0.5, 0.6) is 0 Å². The second-order valence-electron chi connectivity index (χ2n) is 6.78. The molecule has 3 rings (SSSR count). The van der Waals surface area contributed by atoms with E-state index in [1.807, 2.05) is 0 Å². The quantitative estimate of drug-likeness (QED) is 0.538. The summed E-state index contributed by atoms with van der Waals surface area (Å²) in [5, 5.41) is 12.0. The molecule has 3 aromatic rings. The largest absolute Gasteiger partial charge is 0.465 e. The van der Waals surface area contributed by atoms with Crippen LogP contribution in [0.3, 0.4) is 0 Å². The summed E-state index contributed by atoms with van der Waals surface area (Å²) in [6.07, 6.45) is 0.482. The fourth-order valence-electron chi connectivity index (χ4n) is 2.76. The summed E-state index contributed by atoms with van der Waals surface area (Å²) < 4.78 is 5.28. The number of nitrogens with one attached hydrogen (secondary N) is 1. The van der Waals surface area contributed by atoms with Crippen LogP contribution in [0.4, 0.5) is 10.7 Å². The molecule has 0 bridgehead atoms. The highest BCUT2D eigenvalue weighted by Gasteiger charge is 2.17. The van der Waals surface area contributed by atoms with Gasteiger partial charge in [0.05, 0.1) is 30.7 Å². The predicted octanol–water partition coefficient (Wildman–Crippen LogP) is 2.53. The minimum atomic E-state index is -1.01. The molecule has 10 nitrogen and oxygen atoms in total. The Labute approximate surface area is 172 Å². The van der Waals surface area contributed by atoms with E-state index in [0.29, 0.717) is 22.8 Å². The second kappa shape index (κ2) is 9.03. The van der Waals surface area contributed by atoms with Gasteiger partial charge in [0.25, 0.3) is 5.91 Å². The Bertz CT molecular complexity index is 1040. The summed E-state index contributed by atoms with van der Waals surface area (Å²) in [5.41, 5.74) is 7.39. The smallest absolute Gasteiger partial charge is 0.407 e. The Hall–Kier alpha value is -3.95. The zero-order valence-corrected chi connectivity index (χ0v) is 16.6. The Morgan fingerprint density at radius 1 is 1.17 bits per heavy atom. The third-order valence-electron chi connectivity index (χ3n) is 4.25. The average molecular weight is 410 g/mol. The minimum absolute atomic E-state index is 0.0448. The van der Waals surface area contributed by atoms with Crippen molar-refractivity contribution in [1.29, 1.82) is 0 Å². The van der Waals surface area contributed by atoms with Gasteiger partial charge in [0.1, 0.15) is 11.4 Å². The first-order valence-electron chi connectivity index (χ1n) is 9.24. The fraction of sp³-hybridized carbons (Fsp3) is 0.250. The normalized spacial score (nSPS) is 10.8. The summed E-state index contributed by atoms with van der Waals surface area (Å²) in [5.74, 6) is -0.0178. The maximum atomic E-state index is 12.5. The molecule has 0 unspecified atom stereocenters. The number of aromatic nitrogens is 3. The Morgan fingerprint density at radius 2 is 1.93 bits per heavy atom. The topological polar surface area (TPSA) is 147 Å². The second-order valence-corrected chi connectivity index (χ2v) is 6.78. The van der Waals surface area contributed by atoms with E-state index >= 15 is 0 Å². The number of carbonyl (C=O) groups is 2. The zero-order valence-electron chi connectivity index (χ0n) is 16.6. The number of rotatable bonds is 7. The maximum Gasteiger partial charge on any atom is 0.407 e. The van der Waals surface area contributed by atoms with Gasteiger partial charge in [-0.25, -0.2) is 14.8 Å². The summed E-state index contributed by atoms with van der Waals surface area (Å²) >= 11 is 0. The van der Waals surface area contributed by atoms with Gasteiger partial charge in [-0.05, 0) is 44.2 Å². The SMILES string of the molecule is CC(C)N(Cc1cccc(CNC(=O)c2cc(-c3ccco3)nc(N)n2)n1)C(=O)O. The van der Waals surface area contributed by atoms with Crippen LogP contribution in [0, 0.1) is 0 Å². The van der Waals surface area contributed by atoms with E-state index in [1.54, 1.807) is 44.2 Å². The number of amides is 2. The van der Waals surface area contributed by atoms with E-state index in [9.17, 15) is 14.7 Å². The highest BCUT2D eigenvalue weighted by Crippen LogP contribution is 2.19. The van der Waals surface area contributed by atoms with E-state index in [-0.39, 0.29) is 30.8 Å². The fourth-order valence-corrected chi connectivity index (χ4v) is 2.76. The van der Waals surface area contributed by atoms with Crippen LogP contribution in [0.1, 0.15) is 35.7 Å². The van der Waals surface area contributed by atoms with Crippen molar-refractivity contribution in [3.63, 3.8) is 0 Å². The number of carboxylic acid groups (broad SMARTS) is 1. The molecule has 3 aromatic heterocycles. The summed E-state index contributed by atoms with van der Waals surface area (Å²) in [4.78, 5) is 37.6. The molecule has 0 aromatic carbocycles. The molecular formula is C20H22N6O4. The van der Waals surface area contributed by atoms with Crippen LogP contribution in [-0.4, -0.2) is 43.0 Å². The molecule has 30 heavy (non-hydrogen) atoms. The van der Waals surface area contributed by atoms with Crippen LogP contribution in [0.2, 0.25) is 0 Å². The van der Waals surface area contributed by atoms with Gasteiger partial charge in [0.2, 0.25) is 5.95 Å². The monoisotopic (exact) mass is 410 g/mol. The lowest BCUT2D eigenvalue weighted by Gasteiger charge is -2.23. The number of nitrogens with two attached hydrogens (primary N) is 1. The lowest BCUT2D eigenvalue weighted by atomic mass is 10.2. The highest BCUT2D eigenvalue weighted by atomic mass is 16.4. The van der Waals surface area contributed by atoms with Gasteiger partial charge in [-0.2, -0.15) is 0 Å². The number of nitrogens with zero attached hydrogens (tertiary/aromatic N) is 4. The van der Waals surface area contributed by atoms with Crippen molar-refractivity contribution >= 4 is 17.9 Å². The van der Waals surface area contributed by atoms with Crippen LogP contribution >= 0.6 is 0 Å². The van der Waals surface area contributed by atoms with Crippen LogP contribution in [0.15, 0.2) is 47.1 Å². The highest BCUT2D eigenvalue weighted by molar-refractivity contribution is 5.93. The number of hydrogen-bond donors (Lipinski definition) is 3. The van der Waals surface area contributed by atoms with Crippen molar-refractivity contribution in [2.45, 2.75) is 33.0 Å². The van der Waals surface area contributed by atoms with Crippen LogP contribution in [-0.2, 0) is 13.1 Å². The molecule has 0 fully saturated rings. The third kappa shape index (κ3) is 5.10. The number of carbonyl (C=O) groups excluding carboxylic acids is 1. The number of hydrogen-bond acceptors (Lipinski definition) is 7. The molecule has 0 radical (unpaired) electrons. The van der Waals surface area contributed by atoms with E-state index in [4.69, 9.17) is 10.2 Å². The molecule has 0 saturated carbocycles. The molecule has 3 heterocycles. The van der Waals surface area contributed by atoms with Gasteiger partial charge in [-0.15, -0.1) is 0 Å². The standard InChI is InChI=1S/C20H22N6O4/c1-12(2)26(20(28)29)11-14-6-3-5-13(23-14)10-22-18(27)16-9-15(24-19(21)25-16)17-7-4-8-30-17/h3-9,12H,10-11H2,1-2H3,(H,22,27)(H,28,29)(H2,21,24,25). The van der Waals surface area contributed by atoms with Crippen molar-refractivity contribution in [2.24, 2.45) is 0 Å². The Morgan fingerprint density at radius 3 is 2.60 bits per heavy atom. The van der Waals surface area contributed by atoms with E-state index in [2.05, 4.69) is 20.3 Å². The van der Waals surface area contributed by atoms with E-state index < -0.39 is 12.0 Å². The van der Waals surface area contributed by atoms with Gasteiger partial charge < -0.3 is 25.5 Å². The van der Waals surface area contributed by atoms with Crippen molar-refractivity contribution in [2.75, 3.05) is 5.73 Å². The number of anilines is 1. The van der Waals surface area contributed by atoms with Gasteiger partial charge in [0, 0.05) is 6.04 Å². The molecule has 4 N–H and O–H groups in total. The zero-order chi connectivity index (χ0) is 21.7. The molecule has 0 aliphatic carbocycles. The first-order chi connectivity index (χ1) is 14.3. The number of pyridine rings is 1. The van der Waals surface area contributed by atoms with Gasteiger partial charge >= 0.3 is 6.09 Å². The molecule has 2 amide bonds. The minimum Gasteiger partial charge on any atom is -0.465 e. The van der Waals surface area contributed by atoms with Crippen molar-refractivity contribution < 1.29 is 19.1 Å². The van der Waals surface area contributed by atoms with Gasteiger partial charge in [-0.3, -0.25) is 9.78 Å². The van der Waals surface area contributed by atoms with Crippen molar-refractivity contribution in [3.05, 3.63) is 59.7 Å². The Balaban J connectivity index is 1.69. The number of nitrogen functional groups attached to an aromatic ring is 1. The molecule has 0 aliphatic heterocycles. The lowest BCUT2D eigenvalue weighted by molar-refractivity contribution is 0.0945. The molecule has 0 saturated heterocycles. The van der Waals surface area contributed by atoms with Gasteiger partial charge in [0.15, 0.2) is 5.76 Å². The Kier molecular flexibility index (Phi) is 6.26. The third-order valence-corrected chi connectivity index (χ3v) is 4.25. The van der Waals surface area contributed by atoms with Crippen LogP contribution < -0.4 is 11.1 Å². The van der Waals surface area contributed by atoms with Crippen molar-refractivity contribution in [3.8, 4) is 11.5 Å².